The largest absolute Gasteiger partial charge is 0.492 e. The summed E-state index contributed by atoms with van der Waals surface area (Å²) < 4.78 is 18.4. The van der Waals surface area contributed by atoms with Crippen LogP contribution in [-0.4, -0.2) is 17.7 Å². The number of hydrogen-bond acceptors (Lipinski definition) is 2. The molecule has 0 bridgehead atoms. The van der Waals surface area contributed by atoms with Gasteiger partial charge >= 0.3 is 5.97 Å². The molecule has 0 saturated carbocycles. The highest BCUT2D eigenvalue weighted by molar-refractivity contribution is 5.76. The van der Waals surface area contributed by atoms with E-state index >= 15 is 0 Å². The number of aliphatic carboxylic acids is 1. The van der Waals surface area contributed by atoms with Crippen LogP contribution in [0, 0.1) is 12.7 Å². The molecule has 0 aliphatic heterocycles. The molecule has 4 heteroatoms. The fourth-order valence-corrected chi connectivity index (χ4v) is 1.89. The highest BCUT2D eigenvalue weighted by atomic mass is 19.1. The molecular formula is C16H15FO3. The van der Waals surface area contributed by atoms with Crippen molar-refractivity contribution in [2.24, 2.45) is 0 Å². The maximum atomic E-state index is 12.9. The Balaban J connectivity index is 2.10. The van der Waals surface area contributed by atoms with Gasteiger partial charge in [-0.3, -0.25) is 4.79 Å². The zero-order chi connectivity index (χ0) is 14.5. The molecule has 1 atom stereocenters. The fraction of sp³-hybridized carbons (Fsp3) is 0.188. The zero-order valence-corrected chi connectivity index (χ0v) is 11.0. The van der Waals surface area contributed by atoms with Crippen LogP contribution < -0.4 is 4.74 Å². The van der Waals surface area contributed by atoms with Gasteiger partial charge in [-0.05, 0) is 42.3 Å². The molecule has 2 aromatic rings. The van der Waals surface area contributed by atoms with Gasteiger partial charge in [0.15, 0.2) is 0 Å². The predicted molar refractivity (Wildman–Crippen MR) is 73.5 cm³/mol. The highest BCUT2D eigenvalue weighted by Crippen LogP contribution is 2.20. The first-order chi connectivity index (χ1) is 9.56. The molecule has 3 nitrogen and oxygen atoms in total. The summed E-state index contributed by atoms with van der Waals surface area (Å²) in [6.45, 7) is 1.94. The Bertz CT molecular complexity index is 593. The third kappa shape index (κ3) is 3.57. The number of ether oxygens (including phenoxy) is 1. The van der Waals surface area contributed by atoms with Crippen molar-refractivity contribution >= 4 is 5.97 Å². The molecule has 1 unspecified atom stereocenters. The van der Waals surface area contributed by atoms with E-state index in [1.807, 2.05) is 25.1 Å². The summed E-state index contributed by atoms with van der Waals surface area (Å²) in [5.41, 5.74) is 1.56. The minimum Gasteiger partial charge on any atom is -0.492 e. The van der Waals surface area contributed by atoms with Crippen molar-refractivity contribution in [1.29, 1.82) is 0 Å². The molecule has 2 rings (SSSR count). The lowest BCUT2D eigenvalue weighted by molar-refractivity contribution is -0.139. The van der Waals surface area contributed by atoms with Gasteiger partial charge in [-0.2, -0.15) is 0 Å². The Kier molecular flexibility index (Phi) is 4.35. The second-order valence-electron chi connectivity index (χ2n) is 4.57. The molecule has 0 aliphatic carbocycles. The Morgan fingerprint density at radius 3 is 2.55 bits per heavy atom. The Labute approximate surface area is 116 Å². The number of aryl methyl sites for hydroxylation is 1. The van der Waals surface area contributed by atoms with E-state index in [0.717, 1.165) is 5.56 Å². The number of hydrogen-bond donors (Lipinski definition) is 1. The molecule has 0 radical (unpaired) electrons. The topological polar surface area (TPSA) is 46.5 Å². The smallest absolute Gasteiger partial charge is 0.314 e. The summed E-state index contributed by atoms with van der Waals surface area (Å²) in [7, 11) is 0. The maximum absolute atomic E-state index is 12.9. The average molecular weight is 274 g/mol. The van der Waals surface area contributed by atoms with Crippen LogP contribution in [0.25, 0.3) is 0 Å². The van der Waals surface area contributed by atoms with Crippen LogP contribution in [0.5, 0.6) is 5.75 Å². The number of carbonyl (C=O) groups is 1. The minimum atomic E-state index is -0.996. The van der Waals surface area contributed by atoms with Crippen molar-refractivity contribution in [3.63, 3.8) is 0 Å². The van der Waals surface area contributed by atoms with Crippen molar-refractivity contribution in [2.45, 2.75) is 12.8 Å². The van der Waals surface area contributed by atoms with E-state index in [0.29, 0.717) is 11.3 Å². The second-order valence-corrected chi connectivity index (χ2v) is 4.57. The lowest BCUT2D eigenvalue weighted by Gasteiger charge is -2.14. The Hall–Kier alpha value is -2.36. The molecule has 0 fully saturated rings. The average Bonchev–Trinajstić information content (AvgIpc) is 2.41. The van der Waals surface area contributed by atoms with E-state index in [1.54, 1.807) is 6.07 Å². The van der Waals surface area contributed by atoms with Gasteiger partial charge in [0.25, 0.3) is 0 Å². The molecule has 20 heavy (non-hydrogen) atoms. The number of carboxylic acids is 1. The first-order valence-electron chi connectivity index (χ1n) is 6.24. The monoisotopic (exact) mass is 274 g/mol. The molecule has 0 saturated heterocycles. The van der Waals surface area contributed by atoms with Crippen molar-refractivity contribution in [3.05, 3.63) is 65.5 Å². The molecule has 2 aromatic carbocycles. The van der Waals surface area contributed by atoms with E-state index in [1.165, 1.54) is 24.3 Å². The van der Waals surface area contributed by atoms with E-state index < -0.39 is 17.7 Å². The van der Waals surface area contributed by atoms with Gasteiger partial charge in [-0.15, -0.1) is 0 Å². The highest BCUT2D eigenvalue weighted by Gasteiger charge is 2.20. The van der Waals surface area contributed by atoms with Crippen LogP contribution in [-0.2, 0) is 4.79 Å². The van der Waals surface area contributed by atoms with E-state index in [9.17, 15) is 14.3 Å². The predicted octanol–water partition coefficient (Wildman–Crippen LogP) is 3.38. The summed E-state index contributed by atoms with van der Waals surface area (Å²) >= 11 is 0. The number of benzene rings is 2. The Morgan fingerprint density at radius 2 is 1.95 bits per heavy atom. The lowest BCUT2D eigenvalue weighted by atomic mass is 10.0. The summed E-state index contributed by atoms with van der Waals surface area (Å²) in [6.07, 6.45) is 0. The molecule has 0 heterocycles. The summed E-state index contributed by atoms with van der Waals surface area (Å²) in [5, 5.41) is 9.25. The first kappa shape index (κ1) is 14.1. The van der Waals surface area contributed by atoms with Gasteiger partial charge in [-0.1, -0.05) is 24.3 Å². The van der Waals surface area contributed by atoms with E-state index in [4.69, 9.17) is 4.74 Å². The van der Waals surface area contributed by atoms with Gasteiger partial charge in [-0.25, -0.2) is 4.39 Å². The SMILES string of the molecule is Cc1cccc(OCC(C(=O)O)c2ccc(F)cc2)c1. The van der Waals surface area contributed by atoms with Crippen LogP contribution >= 0.6 is 0 Å². The van der Waals surface area contributed by atoms with Crippen LogP contribution in [0.2, 0.25) is 0 Å². The second kappa shape index (κ2) is 6.19. The summed E-state index contributed by atoms with van der Waals surface area (Å²) in [4.78, 5) is 11.3. The van der Waals surface area contributed by atoms with Crippen molar-refractivity contribution < 1.29 is 19.0 Å². The zero-order valence-electron chi connectivity index (χ0n) is 11.0. The molecule has 0 aromatic heterocycles. The van der Waals surface area contributed by atoms with Crippen LogP contribution in [0.15, 0.2) is 48.5 Å². The summed E-state index contributed by atoms with van der Waals surface area (Å²) in [6, 6.07) is 12.8. The van der Waals surface area contributed by atoms with Gasteiger partial charge in [0, 0.05) is 0 Å². The van der Waals surface area contributed by atoms with Gasteiger partial charge in [0.1, 0.15) is 24.1 Å². The summed E-state index contributed by atoms with van der Waals surface area (Å²) in [5.74, 6) is -1.59. The Morgan fingerprint density at radius 1 is 1.25 bits per heavy atom. The number of rotatable bonds is 5. The van der Waals surface area contributed by atoms with Gasteiger partial charge < -0.3 is 9.84 Å². The third-order valence-corrected chi connectivity index (χ3v) is 2.98. The number of halogens is 1. The van der Waals surface area contributed by atoms with Crippen molar-refractivity contribution in [1.82, 2.24) is 0 Å². The molecule has 104 valence electrons. The maximum Gasteiger partial charge on any atom is 0.314 e. The molecule has 0 aliphatic rings. The number of carboxylic acid groups (broad SMARTS) is 1. The van der Waals surface area contributed by atoms with Crippen LogP contribution in [0.4, 0.5) is 4.39 Å². The molecule has 1 N–H and O–H groups in total. The van der Waals surface area contributed by atoms with Crippen LogP contribution in [0.1, 0.15) is 17.0 Å². The fourth-order valence-electron chi connectivity index (χ4n) is 1.89. The molecule has 0 spiro atoms. The lowest BCUT2D eigenvalue weighted by Crippen LogP contribution is -2.19. The first-order valence-corrected chi connectivity index (χ1v) is 6.24. The van der Waals surface area contributed by atoms with E-state index in [2.05, 4.69) is 0 Å². The van der Waals surface area contributed by atoms with Crippen LogP contribution in [0.3, 0.4) is 0 Å². The minimum absolute atomic E-state index is 0.00438. The van der Waals surface area contributed by atoms with Crippen molar-refractivity contribution in [3.8, 4) is 5.75 Å². The van der Waals surface area contributed by atoms with Gasteiger partial charge in [0.05, 0.1) is 0 Å². The standard InChI is InChI=1S/C16H15FO3/c1-11-3-2-4-14(9-11)20-10-15(16(18)19)12-5-7-13(17)8-6-12/h2-9,15H,10H2,1H3,(H,18,19). The quantitative estimate of drug-likeness (QED) is 0.909. The molecule has 0 amide bonds. The van der Waals surface area contributed by atoms with Crippen molar-refractivity contribution in [2.75, 3.05) is 6.61 Å². The molecular weight excluding hydrogens is 259 g/mol. The van der Waals surface area contributed by atoms with Gasteiger partial charge in [0.2, 0.25) is 0 Å². The third-order valence-electron chi connectivity index (χ3n) is 2.98. The van der Waals surface area contributed by atoms with E-state index in [-0.39, 0.29) is 6.61 Å². The normalized spacial score (nSPS) is 11.9.